The molecule has 5 atom stereocenters. The number of carbonyl (C=O) groups is 1. The quantitative estimate of drug-likeness (QED) is 0.154. The molecule has 37 heavy (non-hydrogen) atoms. The molecule has 0 fully saturated rings. The zero-order valence-electron chi connectivity index (χ0n) is 20.7. The summed E-state index contributed by atoms with van der Waals surface area (Å²) in [5.41, 5.74) is -4.41. The van der Waals surface area contributed by atoms with Crippen LogP contribution >= 0.6 is 6.64 Å². The summed E-state index contributed by atoms with van der Waals surface area (Å²) in [7, 11) is 1.21. The van der Waals surface area contributed by atoms with Gasteiger partial charge in [-0.05, 0) is 50.6 Å². The van der Waals surface area contributed by atoms with Crippen LogP contribution in [0.5, 0.6) is 5.75 Å². The van der Waals surface area contributed by atoms with E-state index in [0.29, 0.717) is 10.3 Å². The van der Waals surface area contributed by atoms with E-state index < -0.39 is 54.4 Å². The number of hydrogen-bond acceptors (Lipinski definition) is 10. The molecule has 4 N–H and O–H groups in total. The second-order valence-corrected chi connectivity index (χ2v) is 11.2. The van der Waals surface area contributed by atoms with Crippen LogP contribution in [-0.4, -0.2) is 63.8 Å². The summed E-state index contributed by atoms with van der Waals surface area (Å²) in [4.78, 5) is 37.9. The molecular formula is C23H30N3O9PS. The number of aliphatic hydroxyl groups excluding tert-OH is 1. The number of rotatable bonds is 13. The van der Waals surface area contributed by atoms with Gasteiger partial charge in [-0.25, -0.2) is 9.88 Å². The Hall–Kier alpha value is -2.82. The van der Waals surface area contributed by atoms with E-state index in [0.717, 1.165) is 12.3 Å². The number of carbonyl (C=O) groups excluding carboxylic acids is 1. The Labute approximate surface area is 218 Å². The van der Waals surface area contributed by atoms with E-state index in [4.69, 9.17) is 36.8 Å². The molecular weight excluding hydrogens is 525 g/mol. The lowest BCUT2D eigenvalue weighted by Gasteiger charge is -2.34. The molecule has 0 aliphatic heterocycles. The number of ether oxygens (including phenoxy) is 2. The van der Waals surface area contributed by atoms with Crippen molar-refractivity contribution in [3.63, 3.8) is 0 Å². The maximum atomic E-state index is 12.4. The molecule has 0 saturated heterocycles. The van der Waals surface area contributed by atoms with Gasteiger partial charge in [-0.2, -0.15) is 0 Å². The lowest BCUT2D eigenvalue weighted by molar-refractivity contribution is -0.154. The molecule has 12 nitrogen and oxygen atoms in total. The first-order valence-corrected chi connectivity index (χ1v) is 13.7. The number of para-hydroxylation sites is 1. The Kier molecular flexibility index (Phi) is 10.8. The lowest BCUT2D eigenvalue weighted by Crippen LogP contribution is -2.56. The standard InChI is InChI=1S/C23H30N3O9PS/c1-6-23(31,26-13-12-19(27)24-22(26)30)20(28)18(32-5)14-33-36(37,35-17-10-8-7-9-11-17)25-16(4)21(29)34-15(2)3/h1,7-13,15-16,18,20,28,31H,14H2,2-5H3,(H,25,37)(H,24,27,30)/t16?,18?,20-,23-,36?/m1/s1. The van der Waals surface area contributed by atoms with E-state index >= 15 is 0 Å². The van der Waals surface area contributed by atoms with Crippen LogP contribution in [0.3, 0.4) is 0 Å². The van der Waals surface area contributed by atoms with Crippen molar-refractivity contribution >= 4 is 24.4 Å². The molecule has 1 heterocycles. The van der Waals surface area contributed by atoms with Crippen LogP contribution in [0.1, 0.15) is 20.8 Å². The molecule has 0 aliphatic rings. The number of esters is 1. The minimum absolute atomic E-state index is 0.345. The van der Waals surface area contributed by atoms with Gasteiger partial charge in [0.15, 0.2) is 0 Å². The van der Waals surface area contributed by atoms with Gasteiger partial charge in [0, 0.05) is 19.4 Å². The molecule has 3 unspecified atom stereocenters. The van der Waals surface area contributed by atoms with Gasteiger partial charge < -0.3 is 28.7 Å². The van der Waals surface area contributed by atoms with Crippen molar-refractivity contribution in [2.75, 3.05) is 13.7 Å². The molecule has 0 amide bonds. The minimum atomic E-state index is -3.51. The predicted octanol–water partition coefficient (Wildman–Crippen LogP) is 0.441. The van der Waals surface area contributed by atoms with Crippen LogP contribution in [0.25, 0.3) is 0 Å². The first kappa shape index (κ1) is 30.4. The van der Waals surface area contributed by atoms with Gasteiger partial charge >= 0.3 is 18.3 Å². The SMILES string of the molecule is C#C[C@@](O)([C@H](O)C(COP(=S)(NC(C)C(=O)OC(C)C)Oc1ccccc1)OC)n1ccc(=O)[nH]c1=O. The first-order chi connectivity index (χ1) is 17.3. The van der Waals surface area contributed by atoms with Crippen molar-refractivity contribution in [1.29, 1.82) is 0 Å². The predicted molar refractivity (Wildman–Crippen MR) is 138 cm³/mol. The summed E-state index contributed by atoms with van der Waals surface area (Å²) in [5, 5.41) is 24.8. The Morgan fingerprint density at radius 1 is 1.27 bits per heavy atom. The Morgan fingerprint density at radius 3 is 2.46 bits per heavy atom. The molecule has 14 heteroatoms. The van der Waals surface area contributed by atoms with Crippen LogP contribution in [0.15, 0.2) is 52.2 Å². The summed E-state index contributed by atoms with van der Waals surface area (Å²) in [6, 6.07) is 8.47. The minimum Gasteiger partial charge on any atom is -0.462 e. The summed E-state index contributed by atoms with van der Waals surface area (Å²) < 4.78 is 22.8. The van der Waals surface area contributed by atoms with Crippen LogP contribution in [0, 0.1) is 12.3 Å². The highest BCUT2D eigenvalue weighted by Crippen LogP contribution is 2.45. The fourth-order valence-electron chi connectivity index (χ4n) is 3.04. The third-order valence-corrected chi connectivity index (χ3v) is 7.41. The number of methoxy groups -OCH3 is 1. The number of nitrogens with zero attached hydrogens (tertiary/aromatic N) is 1. The highest BCUT2D eigenvalue weighted by Gasteiger charge is 2.43. The molecule has 202 valence electrons. The Balaban J connectivity index is 2.31. The first-order valence-electron chi connectivity index (χ1n) is 11.1. The van der Waals surface area contributed by atoms with Crippen molar-refractivity contribution in [2.45, 2.75) is 50.8 Å². The molecule has 0 spiro atoms. The summed E-state index contributed by atoms with van der Waals surface area (Å²) in [5.74, 6) is 1.71. The molecule has 0 saturated carbocycles. The Bertz CT molecular complexity index is 1260. The van der Waals surface area contributed by atoms with Crippen LogP contribution < -0.4 is 20.9 Å². The van der Waals surface area contributed by atoms with E-state index in [9.17, 15) is 24.6 Å². The molecule has 0 aliphatic carbocycles. The molecule has 0 radical (unpaired) electrons. The van der Waals surface area contributed by atoms with Gasteiger partial charge in [0.1, 0.15) is 24.0 Å². The van der Waals surface area contributed by atoms with Gasteiger partial charge in [0.25, 0.3) is 5.56 Å². The molecule has 2 rings (SSSR count). The van der Waals surface area contributed by atoms with Gasteiger partial charge in [0.2, 0.25) is 5.72 Å². The normalized spacial score (nSPS) is 17.0. The number of benzene rings is 1. The van der Waals surface area contributed by atoms with Crippen molar-refractivity contribution < 1.29 is 33.5 Å². The largest absolute Gasteiger partial charge is 0.462 e. The van der Waals surface area contributed by atoms with Gasteiger partial charge in [-0.3, -0.25) is 19.1 Å². The van der Waals surface area contributed by atoms with E-state index in [-0.39, 0.29) is 6.10 Å². The van der Waals surface area contributed by atoms with E-state index in [1.54, 1.807) is 44.2 Å². The Morgan fingerprint density at radius 2 is 1.92 bits per heavy atom. The highest BCUT2D eigenvalue weighted by molar-refractivity contribution is 8.09. The van der Waals surface area contributed by atoms with Crippen LogP contribution in [0.2, 0.25) is 0 Å². The third-order valence-electron chi connectivity index (χ3n) is 4.91. The van der Waals surface area contributed by atoms with E-state index in [1.807, 2.05) is 10.9 Å². The van der Waals surface area contributed by atoms with Crippen molar-refractivity contribution in [2.24, 2.45) is 0 Å². The second kappa shape index (κ2) is 13.1. The van der Waals surface area contributed by atoms with Crippen LogP contribution in [-0.2, 0) is 36.3 Å². The maximum Gasteiger partial charge on any atom is 0.331 e. The maximum absolute atomic E-state index is 12.4. The monoisotopic (exact) mass is 555 g/mol. The zero-order chi connectivity index (χ0) is 27.8. The smallest absolute Gasteiger partial charge is 0.331 e. The van der Waals surface area contributed by atoms with E-state index in [1.165, 1.54) is 14.0 Å². The third kappa shape index (κ3) is 8.08. The van der Waals surface area contributed by atoms with Crippen molar-refractivity contribution in [3.8, 4) is 18.1 Å². The number of aliphatic hydroxyl groups is 2. The van der Waals surface area contributed by atoms with Crippen molar-refractivity contribution in [3.05, 3.63) is 63.4 Å². The fraction of sp³-hybridized carbons (Fsp3) is 0.435. The number of hydrogen-bond donors (Lipinski definition) is 4. The van der Waals surface area contributed by atoms with Gasteiger partial charge in [-0.15, -0.1) is 6.42 Å². The molecule has 1 aromatic carbocycles. The number of H-pyrrole nitrogens is 1. The summed E-state index contributed by atoms with van der Waals surface area (Å²) in [6.07, 6.45) is 2.74. The lowest BCUT2D eigenvalue weighted by atomic mass is 10.0. The average molecular weight is 556 g/mol. The van der Waals surface area contributed by atoms with Gasteiger partial charge in [0.05, 0.1) is 12.7 Å². The fourth-order valence-corrected chi connectivity index (χ4v) is 5.45. The van der Waals surface area contributed by atoms with Crippen molar-refractivity contribution in [1.82, 2.24) is 14.6 Å². The topological polar surface area (TPSA) is 161 Å². The summed E-state index contributed by atoms with van der Waals surface area (Å²) in [6.45, 7) is 0.922. The average Bonchev–Trinajstić information content (AvgIpc) is 2.83. The summed E-state index contributed by atoms with van der Waals surface area (Å²) >= 11 is 5.61. The van der Waals surface area contributed by atoms with E-state index in [2.05, 4.69) is 5.09 Å². The number of aromatic amines is 1. The highest BCUT2D eigenvalue weighted by atomic mass is 32.5. The van der Waals surface area contributed by atoms with Gasteiger partial charge in [-0.1, -0.05) is 18.2 Å². The number of nitrogens with one attached hydrogen (secondary N) is 2. The molecule has 0 bridgehead atoms. The number of aromatic nitrogens is 2. The second-order valence-electron chi connectivity index (χ2n) is 8.10. The molecule has 1 aromatic heterocycles. The number of terminal acetylenes is 1. The van der Waals surface area contributed by atoms with Crippen LogP contribution in [0.4, 0.5) is 0 Å². The zero-order valence-corrected chi connectivity index (χ0v) is 22.4. The molecule has 2 aromatic rings.